The summed E-state index contributed by atoms with van der Waals surface area (Å²) in [6.07, 6.45) is 0. The highest BCUT2D eigenvalue weighted by molar-refractivity contribution is 5.57. The van der Waals surface area contributed by atoms with E-state index in [1.165, 1.54) is 11.3 Å². The second-order valence-electron chi connectivity index (χ2n) is 2.87. The molecule has 0 amide bonds. The van der Waals surface area contributed by atoms with Gasteiger partial charge in [-0.2, -0.15) is 0 Å². The fourth-order valence-corrected chi connectivity index (χ4v) is 1.46. The molecule has 0 aromatic heterocycles. The predicted molar refractivity (Wildman–Crippen MR) is 43.3 cm³/mol. The molecule has 10 heavy (non-hydrogen) atoms. The van der Waals surface area contributed by atoms with Crippen LogP contribution in [0.2, 0.25) is 0 Å². The summed E-state index contributed by atoms with van der Waals surface area (Å²) in [7, 11) is 0. The van der Waals surface area contributed by atoms with E-state index in [-0.39, 0.29) is 0 Å². The predicted octanol–water partition coefficient (Wildman–Crippen LogP) is 2.22. The van der Waals surface area contributed by atoms with Gasteiger partial charge in [-0.15, -0.1) is 0 Å². The topological polar surface area (TPSA) is 12.0 Å². The van der Waals surface area contributed by atoms with Crippen molar-refractivity contribution in [2.75, 3.05) is 11.9 Å². The molecule has 0 radical (unpaired) electrons. The summed E-state index contributed by atoms with van der Waals surface area (Å²) < 4.78 is 0. The SMILES string of the molecule is C[C@H]1CNc2ccccc21. The maximum absolute atomic E-state index is 3.35. The van der Waals surface area contributed by atoms with Crippen molar-refractivity contribution < 1.29 is 0 Å². The Kier molecular flexibility index (Phi) is 1.16. The van der Waals surface area contributed by atoms with Crippen LogP contribution < -0.4 is 5.32 Å². The second-order valence-corrected chi connectivity index (χ2v) is 2.87. The zero-order valence-electron chi connectivity index (χ0n) is 6.09. The fourth-order valence-electron chi connectivity index (χ4n) is 1.46. The molecule has 0 saturated heterocycles. The molecule has 1 nitrogen and oxygen atoms in total. The number of fused-ring (bicyclic) bond motifs is 1. The lowest BCUT2D eigenvalue weighted by Gasteiger charge is -1.98. The van der Waals surface area contributed by atoms with E-state index >= 15 is 0 Å². The Morgan fingerprint density at radius 1 is 1.40 bits per heavy atom. The van der Waals surface area contributed by atoms with Gasteiger partial charge in [-0.3, -0.25) is 0 Å². The van der Waals surface area contributed by atoms with Gasteiger partial charge in [0, 0.05) is 18.2 Å². The summed E-state index contributed by atoms with van der Waals surface area (Å²) in [4.78, 5) is 0. The van der Waals surface area contributed by atoms with Crippen molar-refractivity contribution in [3.63, 3.8) is 0 Å². The molecule has 52 valence electrons. The maximum atomic E-state index is 3.35. The van der Waals surface area contributed by atoms with Gasteiger partial charge < -0.3 is 5.32 Å². The normalized spacial score (nSPS) is 21.9. The zero-order chi connectivity index (χ0) is 6.97. The minimum absolute atomic E-state index is 0.691. The molecule has 1 aliphatic rings. The Hall–Kier alpha value is -0.980. The quantitative estimate of drug-likeness (QED) is 0.572. The van der Waals surface area contributed by atoms with E-state index < -0.39 is 0 Å². The summed E-state index contributed by atoms with van der Waals surface area (Å²) in [6.45, 7) is 3.35. The van der Waals surface area contributed by atoms with Crippen molar-refractivity contribution in [3.8, 4) is 0 Å². The monoisotopic (exact) mass is 133 g/mol. The van der Waals surface area contributed by atoms with Crippen molar-refractivity contribution in [2.24, 2.45) is 0 Å². The Bertz CT molecular complexity index is 242. The third kappa shape index (κ3) is 0.703. The molecular formula is C9H11N. The number of hydrogen-bond donors (Lipinski definition) is 1. The van der Waals surface area contributed by atoms with Gasteiger partial charge in [-0.25, -0.2) is 0 Å². The Morgan fingerprint density at radius 3 is 3.00 bits per heavy atom. The lowest BCUT2D eigenvalue weighted by Crippen LogP contribution is -1.95. The zero-order valence-corrected chi connectivity index (χ0v) is 6.09. The first-order valence-electron chi connectivity index (χ1n) is 3.71. The largest absolute Gasteiger partial charge is 0.384 e. The summed E-state index contributed by atoms with van der Waals surface area (Å²) in [6, 6.07) is 8.50. The number of rotatable bonds is 0. The van der Waals surface area contributed by atoms with E-state index in [0.29, 0.717) is 5.92 Å². The van der Waals surface area contributed by atoms with Crippen LogP contribution in [-0.4, -0.2) is 6.54 Å². The first-order chi connectivity index (χ1) is 4.88. The fraction of sp³-hybridized carbons (Fsp3) is 0.333. The number of benzene rings is 1. The molecule has 1 heteroatoms. The minimum atomic E-state index is 0.691. The van der Waals surface area contributed by atoms with Gasteiger partial charge in [0.15, 0.2) is 0 Å². The van der Waals surface area contributed by atoms with Crippen LogP contribution in [0.25, 0.3) is 0 Å². The first-order valence-corrected chi connectivity index (χ1v) is 3.71. The second kappa shape index (κ2) is 2.01. The van der Waals surface area contributed by atoms with Gasteiger partial charge in [0.1, 0.15) is 0 Å². The first kappa shape index (κ1) is 5.78. The number of hydrogen-bond acceptors (Lipinski definition) is 1. The van der Waals surface area contributed by atoms with E-state index in [1.54, 1.807) is 0 Å². The molecule has 0 fully saturated rings. The molecule has 0 saturated carbocycles. The molecular weight excluding hydrogens is 122 g/mol. The Morgan fingerprint density at radius 2 is 2.20 bits per heavy atom. The third-order valence-corrected chi connectivity index (χ3v) is 2.09. The average Bonchev–Trinajstić information content (AvgIpc) is 2.34. The van der Waals surface area contributed by atoms with Crippen LogP contribution in [-0.2, 0) is 0 Å². The molecule has 1 aliphatic heterocycles. The van der Waals surface area contributed by atoms with Crippen LogP contribution in [0, 0.1) is 0 Å². The summed E-state index contributed by atoms with van der Waals surface area (Å²) in [5.74, 6) is 0.691. The van der Waals surface area contributed by atoms with Crippen molar-refractivity contribution in [1.82, 2.24) is 0 Å². The maximum Gasteiger partial charge on any atom is 0.0376 e. The summed E-state index contributed by atoms with van der Waals surface area (Å²) in [5.41, 5.74) is 2.78. The van der Waals surface area contributed by atoms with Gasteiger partial charge in [-0.05, 0) is 11.6 Å². The highest BCUT2D eigenvalue weighted by Crippen LogP contribution is 2.29. The smallest absolute Gasteiger partial charge is 0.0376 e. The third-order valence-electron chi connectivity index (χ3n) is 2.09. The van der Waals surface area contributed by atoms with Crippen molar-refractivity contribution >= 4 is 5.69 Å². The Balaban J connectivity index is 2.51. The van der Waals surface area contributed by atoms with Crippen molar-refractivity contribution in [2.45, 2.75) is 12.8 Å². The average molecular weight is 133 g/mol. The van der Waals surface area contributed by atoms with Gasteiger partial charge >= 0.3 is 0 Å². The molecule has 0 spiro atoms. The van der Waals surface area contributed by atoms with Crippen LogP contribution in [0.4, 0.5) is 5.69 Å². The van der Waals surface area contributed by atoms with Crippen LogP contribution in [0.5, 0.6) is 0 Å². The van der Waals surface area contributed by atoms with Crippen molar-refractivity contribution in [3.05, 3.63) is 29.8 Å². The molecule has 1 aromatic carbocycles. The van der Waals surface area contributed by atoms with E-state index in [0.717, 1.165) is 6.54 Å². The van der Waals surface area contributed by atoms with Crippen LogP contribution in [0.15, 0.2) is 24.3 Å². The van der Waals surface area contributed by atoms with Crippen LogP contribution in [0.1, 0.15) is 18.4 Å². The number of para-hydroxylation sites is 1. The van der Waals surface area contributed by atoms with Crippen LogP contribution >= 0.6 is 0 Å². The van der Waals surface area contributed by atoms with E-state index in [4.69, 9.17) is 0 Å². The van der Waals surface area contributed by atoms with E-state index in [1.807, 2.05) is 0 Å². The molecule has 0 aliphatic carbocycles. The highest BCUT2D eigenvalue weighted by atomic mass is 14.9. The molecule has 1 N–H and O–H groups in total. The standard InChI is InChI=1S/C9H11N/c1-7-6-10-9-5-3-2-4-8(7)9/h2-5,7,10H,6H2,1H3/t7-/m0/s1. The Labute approximate surface area is 61.1 Å². The molecule has 1 aromatic rings. The van der Waals surface area contributed by atoms with Gasteiger partial charge in [0.05, 0.1) is 0 Å². The molecule has 1 heterocycles. The highest BCUT2D eigenvalue weighted by Gasteiger charge is 2.15. The van der Waals surface area contributed by atoms with Gasteiger partial charge in [-0.1, -0.05) is 25.1 Å². The van der Waals surface area contributed by atoms with E-state index in [2.05, 4.69) is 36.5 Å². The number of nitrogens with one attached hydrogen (secondary N) is 1. The molecule has 1 atom stereocenters. The van der Waals surface area contributed by atoms with E-state index in [9.17, 15) is 0 Å². The lowest BCUT2D eigenvalue weighted by atomic mass is 10.0. The van der Waals surface area contributed by atoms with Gasteiger partial charge in [0.25, 0.3) is 0 Å². The summed E-state index contributed by atoms with van der Waals surface area (Å²) >= 11 is 0. The number of anilines is 1. The van der Waals surface area contributed by atoms with Crippen molar-refractivity contribution in [1.29, 1.82) is 0 Å². The summed E-state index contributed by atoms with van der Waals surface area (Å²) in [5, 5.41) is 3.35. The van der Waals surface area contributed by atoms with Crippen LogP contribution in [0.3, 0.4) is 0 Å². The lowest BCUT2D eigenvalue weighted by molar-refractivity contribution is 0.854. The van der Waals surface area contributed by atoms with Gasteiger partial charge in [0.2, 0.25) is 0 Å². The molecule has 2 rings (SSSR count). The molecule has 0 unspecified atom stereocenters. The minimum Gasteiger partial charge on any atom is -0.384 e. The molecule has 0 bridgehead atoms.